The van der Waals surface area contributed by atoms with Gasteiger partial charge in [0.25, 0.3) is 11.8 Å². The highest BCUT2D eigenvalue weighted by Gasteiger charge is 2.24. The van der Waals surface area contributed by atoms with Gasteiger partial charge in [-0.1, -0.05) is 18.2 Å². The van der Waals surface area contributed by atoms with Gasteiger partial charge >= 0.3 is 5.97 Å². The molecule has 0 saturated carbocycles. The third-order valence-corrected chi connectivity index (χ3v) is 4.39. The van der Waals surface area contributed by atoms with Crippen LogP contribution in [0, 0.1) is 6.92 Å². The zero-order chi connectivity index (χ0) is 19.4. The van der Waals surface area contributed by atoms with Crippen molar-refractivity contribution in [3.05, 3.63) is 59.2 Å². The molecule has 1 fully saturated rings. The van der Waals surface area contributed by atoms with Crippen molar-refractivity contribution in [1.82, 2.24) is 0 Å². The first-order chi connectivity index (χ1) is 13.0. The largest absolute Gasteiger partial charge is 0.478 e. The van der Waals surface area contributed by atoms with E-state index >= 15 is 0 Å². The van der Waals surface area contributed by atoms with Crippen LogP contribution >= 0.6 is 0 Å². The maximum atomic E-state index is 12.6. The zero-order valence-electron chi connectivity index (χ0n) is 14.8. The molecule has 2 aromatic rings. The average molecular weight is 368 g/mol. The van der Waals surface area contributed by atoms with Crippen LogP contribution < -0.4 is 10.6 Å². The molecule has 0 bridgehead atoms. The van der Waals surface area contributed by atoms with Crippen molar-refractivity contribution in [2.75, 3.05) is 17.2 Å². The van der Waals surface area contributed by atoms with Gasteiger partial charge < -0.3 is 20.5 Å². The van der Waals surface area contributed by atoms with Crippen LogP contribution in [0.1, 0.15) is 39.1 Å². The Hall–Kier alpha value is -3.19. The highest BCUT2D eigenvalue weighted by Crippen LogP contribution is 2.21. The number of nitrogens with one attached hydrogen (secondary N) is 2. The number of aryl methyl sites for hydroxylation is 1. The van der Waals surface area contributed by atoms with E-state index in [1.807, 2.05) is 6.92 Å². The topological polar surface area (TPSA) is 105 Å². The van der Waals surface area contributed by atoms with Crippen LogP contribution in [0.5, 0.6) is 0 Å². The van der Waals surface area contributed by atoms with Crippen LogP contribution in [0.4, 0.5) is 11.4 Å². The molecule has 1 heterocycles. The van der Waals surface area contributed by atoms with Crippen molar-refractivity contribution < 1.29 is 24.2 Å². The maximum absolute atomic E-state index is 12.6. The second-order valence-corrected chi connectivity index (χ2v) is 6.33. The number of carbonyl (C=O) groups excluding carboxylic acids is 2. The summed E-state index contributed by atoms with van der Waals surface area (Å²) in [5, 5.41) is 14.6. The van der Waals surface area contributed by atoms with Crippen LogP contribution in [-0.4, -0.2) is 35.6 Å². The smallest absolute Gasteiger partial charge is 0.337 e. The van der Waals surface area contributed by atoms with Crippen LogP contribution in [0.15, 0.2) is 42.5 Å². The number of carbonyl (C=O) groups is 3. The zero-order valence-corrected chi connectivity index (χ0v) is 14.8. The first kappa shape index (κ1) is 18.6. The lowest BCUT2D eigenvalue weighted by Crippen LogP contribution is -2.27. The minimum atomic E-state index is -1.13. The molecule has 2 amide bonds. The van der Waals surface area contributed by atoms with E-state index in [2.05, 4.69) is 10.6 Å². The number of ether oxygens (including phenoxy) is 1. The Morgan fingerprint density at radius 3 is 2.56 bits per heavy atom. The molecular weight excluding hydrogens is 348 g/mol. The molecule has 3 rings (SSSR count). The summed E-state index contributed by atoms with van der Waals surface area (Å²) in [5.74, 6) is -1.82. The van der Waals surface area contributed by atoms with Crippen molar-refractivity contribution in [1.29, 1.82) is 0 Å². The van der Waals surface area contributed by atoms with Crippen LogP contribution in [0.25, 0.3) is 0 Å². The number of hydrogen-bond donors (Lipinski definition) is 3. The molecule has 1 aliphatic heterocycles. The first-order valence-corrected chi connectivity index (χ1v) is 8.62. The van der Waals surface area contributed by atoms with E-state index in [0.717, 1.165) is 12.0 Å². The summed E-state index contributed by atoms with van der Waals surface area (Å²) in [4.78, 5) is 36.1. The molecule has 7 heteroatoms. The van der Waals surface area contributed by atoms with E-state index in [-0.39, 0.29) is 17.2 Å². The van der Waals surface area contributed by atoms with Crippen molar-refractivity contribution in [3.8, 4) is 0 Å². The first-order valence-electron chi connectivity index (χ1n) is 8.62. The van der Waals surface area contributed by atoms with Crippen molar-refractivity contribution in [2.24, 2.45) is 0 Å². The number of benzene rings is 2. The van der Waals surface area contributed by atoms with E-state index in [9.17, 15) is 19.5 Å². The Morgan fingerprint density at radius 2 is 1.85 bits per heavy atom. The Bertz CT molecular complexity index is 888. The maximum Gasteiger partial charge on any atom is 0.337 e. The number of para-hydroxylation sites is 1. The number of rotatable bonds is 5. The monoisotopic (exact) mass is 368 g/mol. The van der Waals surface area contributed by atoms with Crippen LogP contribution in [0.2, 0.25) is 0 Å². The third kappa shape index (κ3) is 4.32. The van der Waals surface area contributed by atoms with Gasteiger partial charge in [0.2, 0.25) is 0 Å². The Morgan fingerprint density at radius 1 is 1.07 bits per heavy atom. The molecule has 0 spiro atoms. The van der Waals surface area contributed by atoms with E-state index in [0.29, 0.717) is 24.3 Å². The second-order valence-electron chi connectivity index (χ2n) is 6.33. The molecule has 27 heavy (non-hydrogen) atoms. The lowest BCUT2D eigenvalue weighted by molar-refractivity contribution is -0.124. The van der Waals surface area contributed by atoms with Gasteiger partial charge in [-0.2, -0.15) is 0 Å². The molecule has 0 radical (unpaired) electrons. The Balaban J connectivity index is 1.78. The molecule has 2 aromatic carbocycles. The quantitative estimate of drug-likeness (QED) is 0.752. The molecule has 1 unspecified atom stereocenters. The number of aromatic carboxylic acids is 1. The fraction of sp³-hybridized carbons (Fsp3) is 0.250. The van der Waals surface area contributed by atoms with Gasteiger partial charge in [-0.05, 0) is 49.6 Å². The molecule has 0 aromatic heterocycles. The molecule has 1 saturated heterocycles. The fourth-order valence-electron chi connectivity index (χ4n) is 2.87. The number of carboxylic acid groups (broad SMARTS) is 1. The second kappa shape index (κ2) is 8.01. The predicted molar refractivity (Wildman–Crippen MR) is 100 cm³/mol. The number of hydrogen-bond acceptors (Lipinski definition) is 4. The summed E-state index contributed by atoms with van der Waals surface area (Å²) in [5.41, 5.74) is 1.85. The fourth-order valence-corrected chi connectivity index (χ4v) is 2.87. The lowest BCUT2D eigenvalue weighted by atomic mass is 10.1. The van der Waals surface area contributed by atoms with Crippen LogP contribution in [0.3, 0.4) is 0 Å². The highest BCUT2D eigenvalue weighted by atomic mass is 16.5. The van der Waals surface area contributed by atoms with Gasteiger partial charge in [0.1, 0.15) is 6.10 Å². The molecule has 3 N–H and O–H groups in total. The molecular formula is C20H20N2O5. The number of carboxylic acids is 1. The highest BCUT2D eigenvalue weighted by molar-refractivity contribution is 6.08. The molecule has 7 nitrogen and oxygen atoms in total. The van der Waals surface area contributed by atoms with Gasteiger partial charge in [0.05, 0.1) is 11.3 Å². The standard InChI is InChI=1S/C20H20N2O5/c1-12-8-9-13(11-16(12)22-19(24)17-7-4-10-27-17)18(23)21-15-6-3-2-5-14(15)20(25)26/h2-3,5-6,8-9,11,17H,4,7,10H2,1H3,(H,21,23)(H,22,24)(H,25,26). The van der Waals surface area contributed by atoms with Gasteiger partial charge in [0, 0.05) is 17.9 Å². The van der Waals surface area contributed by atoms with Gasteiger partial charge in [-0.3, -0.25) is 9.59 Å². The van der Waals surface area contributed by atoms with E-state index in [1.165, 1.54) is 12.1 Å². The summed E-state index contributed by atoms with van der Waals surface area (Å²) in [6.07, 6.45) is 1.06. The number of amides is 2. The summed E-state index contributed by atoms with van der Waals surface area (Å²) in [6, 6.07) is 11.1. The minimum absolute atomic E-state index is 0.00451. The Labute approximate surface area is 156 Å². The minimum Gasteiger partial charge on any atom is -0.478 e. The SMILES string of the molecule is Cc1ccc(C(=O)Nc2ccccc2C(=O)O)cc1NC(=O)C1CCCO1. The summed E-state index contributed by atoms with van der Waals surface area (Å²) in [7, 11) is 0. The van der Waals surface area contributed by atoms with Crippen molar-refractivity contribution >= 4 is 29.2 Å². The molecule has 140 valence electrons. The molecule has 0 aliphatic carbocycles. The average Bonchev–Trinajstić information content (AvgIpc) is 3.18. The molecule has 1 aliphatic rings. The van der Waals surface area contributed by atoms with Crippen LogP contribution in [-0.2, 0) is 9.53 Å². The third-order valence-electron chi connectivity index (χ3n) is 4.39. The normalized spacial score (nSPS) is 16.0. The molecule has 1 atom stereocenters. The number of anilines is 2. The van der Waals surface area contributed by atoms with Crippen molar-refractivity contribution in [3.63, 3.8) is 0 Å². The lowest BCUT2D eigenvalue weighted by Gasteiger charge is -2.14. The van der Waals surface area contributed by atoms with Crippen molar-refractivity contribution in [2.45, 2.75) is 25.9 Å². The summed E-state index contributed by atoms with van der Waals surface area (Å²) >= 11 is 0. The Kier molecular flexibility index (Phi) is 5.52. The predicted octanol–water partition coefficient (Wildman–Crippen LogP) is 3.06. The van der Waals surface area contributed by atoms with Gasteiger partial charge in [-0.15, -0.1) is 0 Å². The summed E-state index contributed by atoms with van der Waals surface area (Å²) < 4.78 is 5.37. The van der Waals surface area contributed by atoms with Gasteiger partial charge in [0.15, 0.2) is 0 Å². The van der Waals surface area contributed by atoms with E-state index in [4.69, 9.17) is 4.74 Å². The summed E-state index contributed by atoms with van der Waals surface area (Å²) in [6.45, 7) is 2.40. The van der Waals surface area contributed by atoms with Gasteiger partial charge in [-0.25, -0.2) is 4.79 Å². The van der Waals surface area contributed by atoms with E-state index in [1.54, 1.807) is 30.3 Å². The van der Waals surface area contributed by atoms with E-state index < -0.39 is 18.0 Å².